The van der Waals surface area contributed by atoms with E-state index < -0.39 is 11.6 Å². The van der Waals surface area contributed by atoms with Gasteiger partial charge in [0.05, 0.1) is 0 Å². The highest BCUT2D eigenvalue weighted by atomic mass is 19.1. The molecular weight excluding hydrogens is 236 g/mol. The first kappa shape index (κ1) is 14.8. The molecular formula is C14H19F2NO. The topological polar surface area (TPSA) is 43.1 Å². The minimum Gasteiger partial charge on any atom is -0.327 e. The lowest BCUT2D eigenvalue weighted by atomic mass is 9.86. The Bertz CT molecular complexity index is 418. The summed E-state index contributed by atoms with van der Waals surface area (Å²) in [6.07, 6.45) is 0.775. The molecule has 100 valence electrons. The van der Waals surface area contributed by atoms with Crippen LogP contribution in [0.4, 0.5) is 8.78 Å². The first-order valence-corrected chi connectivity index (χ1v) is 5.92. The van der Waals surface area contributed by atoms with E-state index >= 15 is 0 Å². The predicted molar refractivity (Wildman–Crippen MR) is 67.4 cm³/mol. The minimum absolute atomic E-state index is 0.0207. The van der Waals surface area contributed by atoms with Crippen molar-refractivity contribution in [1.29, 1.82) is 0 Å². The SMILES string of the molecule is CC(C)(C)CC(N)CC(=O)c1cc(F)cc(F)c1. The van der Waals surface area contributed by atoms with Crippen LogP contribution in [-0.2, 0) is 0 Å². The van der Waals surface area contributed by atoms with Crippen molar-refractivity contribution < 1.29 is 13.6 Å². The Morgan fingerprint density at radius 3 is 2.17 bits per heavy atom. The summed E-state index contributed by atoms with van der Waals surface area (Å²) in [5.74, 6) is -1.82. The van der Waals surface area contributed by atoms with E-state index in [1.165, 1.54) is 0 Å². The number of Topliss-reactive ketones (excluding diaryl/α,β-unsaturated/α-hetero) is 1. The molecule has 0 heterocycles. The van der Waals surface area contributed by atoms with Crippen molar-refractivity contribution >= 4 is 5.78 Å². The number of carbonyl (C=O) groups is 1. The lowest BCUT2D eigenvalue weighted by Crippen LogP contribution is -2.29. The number of carbonyl (C=O) groups excluding carboxylic acids is 1. The van der Waals surface area contributed by atoms with Crippen LogP contribution >= 0.6 is 0 Å². The lowest BCUT2D eigenvalue weighted by Gasteiger charge is -2.22. The van der Waals surface area contributed by atoms with Crippen molar-refractivity contribution in [1.82, 2.24) is 0 Å². The van der Waals surface area contributed by atoms with Crippen molar-refractivity contribution in [2.75, 3.05) is 0 Å². The highest BCUT2D eigenvalue weighted by molar-refractivity contribution is 5.96. The molecule has 1 atom stereocenters. The molecule has 1 aromatic carbocycles. The van der Waals surface area contributed by atoms with E-state index in [-0.39, 0.29) is 29.2 Å². The van der Waals surface area contributed by atoms with E-state index in [2.05, 4.69) is 0 Å². The fourth-order valence-corrected chi connectivity index (χ4v) is 1.93. The van der Waals surface area contributed by atoms with Gasteiger partial charge in [0.15, 0.2) is 5.78 Å². The second-order valence-corrected chi connectivity index (χ2v) is 5.81. The molecule has 0 amide bonds. The van der Waals surface area contributed by atoms with Gasteiger partial charge < -0.3 is 5.73 Å². The molecule has 0 radical (unpaired) electrons. The van der Waals surface area contributed by atoms with Gasteiger partial charge in [0.2, 0.25) is 0 Å². The molecule has 1 rings (SSSR count). The van der Waals surface area contributed by atoms with Crippen LogP contribution in [0.1, 0.15) is 44.0 Å². The molecule has 0 saturated carbocycles. The van der Waals surface area contributed by atoms with E-state index in [0.29, 0.717) is 6.42 Å². The zero-order chi connectivity index (χ0) is 13.9. The van der Waals surface area contributed by atoms with Crippen LogP contribution in [-0.4, -0.2) is 11.8 Å². The smallest absolute Gasteiger partial charge is 0.164 e. The third-order valence-corrected chi connectivity index (χ3v) is 2.51. The normalized spacial score (nSPS) is 13.4. The third-order valence-electron chi connectivity index (χ3n) is 2.51. The van der Waals surface area contributed by atoms with Gasteiger partial charge in [-0.3, -0.25) is 4.79 Å². The number of rotatable bonds is 4. The summed E-state index contributed by atoms with van der Waals surface area (Å²) in [6, 6.07) is 2.51. The van der Waals surface area contributed by atoms with Gasteiger partial charge >= 0.3 is 0 Å². The van der Waals surface area contributed by atoms with Crippen molar-refractivity contribution in [3.8, 4) is 0 Å². The molecule has 0 spiro atoms. The van der Waals surface area contributed by atoms with E-state index in [1.807, 2.05) is 20.8 Å². The second kappa shape index (κ2) is 5.57. The van der Waals surface area contributed by atoms with Crippen LogP contribution in [0, 0.1) is 17.0 Å². The summed E-state index contributed by atoms with van der Waals surface area (Å²) in [6.45, 7) is 6.08. The van der Waals surface area contributed by atoms with Gasteiger partial charge in [0, 0.05) is 24.1 Å². The Morgan fingerprint density at radius 1 is 1.22 bits per heavy atom. The number of ketones is 1. The highest BCUT2D eigenvalue weighted by Gasteiger charge is 2.19. The van der Waals surface area contributed by atoms with E-state index in [4.69, 9.17) is 5.73 Å². The molecule has 0 saturated heterocycles. The molecule has 1 aromatic rings. The van der Waals surface area contributed by atoms with Crippen LogP contribution in [0.25, 0.3) is 0 Å². The zero-order valence-electron chi connectivity index (χ0n) is 11.0. The fraction of sp³-hybridized carbons (Fsp3) is 0.500. The molecule has 0 aliphatic heterocycles. The Morgan fingerprint density at radius 2 is 1.72 bits per heavy atom. The monoisotopic (exact) mass is 255 g/mol. The number of benzene rings is 1. The average molecular weight is 255 g/mol. The molecule has 0 bridgehead atoms. The average Bonchev–Trinajstić information content (AvgIpc) is 2.12. The van der Waals surface area contributed by atoms with Gasteiger partial charge in [-0.1, -0.05) is 20.8 Å². The summed E-state index contributed by atoms with van der Waals surface area (Å²) >= 11 is 0. The molecule has 0 aliphatic rings. The fourth-order valence-electron chi connectivity index (χ4n) is 1.93. The first-order valence-electron chi connectivity index (χ1n) is 5.92. The van der Waals surface area contributed by atoms with Crippen molar-refractivity contribution in [2.24, 2.45) is 11.1 Å². The van der Waals surface area contributed by atoms with Crippen molar-refractivity contribution in [3.63, 3.8) is 0 Å². The molecule has 0 fully saturated rings. The van der Waals surface area contributed by atoms with E-state index in [1.54, 1.807) is 0 Å². The van der Waals surface area contributed by atoms with Crippen LogP contribution in [0.15, 0.2) is 18.2 Å². The standard InChI is InChI=1S/C14H19F2NO/c1-14(2,3)8-12(17)7-13(18)9-4-10(15)6-11(16)5-9/h4-6,12H,7-8,17H2,1-3H3. The predicted octanol–water partition coefficient (Wildman–Crippen LogP) is 3.30. The summed E-state index contributed by atoms with van der Waals surface area (Å²) in [7, 11) is 0. The number of nitrogens with two attached hydrogens (primary N) is 1. The molecule has 2 nitrogen and oxygen atoms in total. The Hall–Kier alpha value is -1.29. The molecule has 2 N–H and O–H groups in total. The van der Waals surface area contributed by atoms with Gasteiger partial charge in [-0.05, 0) is 24.0 Å². The largest absolute Gasteiger partial charge is 0.327 e. The first-order chi connectivity index (χ1) is 8.17. The molecule has 0 aliphatic carbocycles. The maximum Gasteiger partial charge on any atom is 0.164 e. The molecule has 18 heavy (non-hydrogen) atoms. The summed E-state index contributed by atoms with van der Waals surface area (Å²) in [5.41, 5.74) is 5.93. The zero-order valence-corrected chi connectivity index (χ0v) is 11.0. The van der Waals surface area contributed by atoms with Gasteiger partial charge in [-0.15, -0.1) is 0 Å². The van der Waals surface area contributed by atoms with Gasteiger partial charge in [0.1, 0.15) is 11.6 Å². The Balaban J connectivity index is 2.70. The van der Waals surface area contributed by atoms with Crippen LogP contribution in [0.5, 0.6) is 0 Å². The molecule has 4 heteroatoms. The maximum atomic E-state index is 13.0. The number of hydrogen-bond acceptors (Lipinski definition) is 2. The molecule has 1 unspecified atom stereocenters. The maximum absolute atomic E-state index is 13.0. The summed E-state index contributed by atoms with van der Waals surface area (Å²) < 4.78 is 25.9. The van der Waals surface area contributed by atoms with Gasteiger partial charge in [0.25, 0.3) is 0 Å². The second-order valence-electron chi connectivity index (χ2n) is 5.81. The lowest BCUT2D eigenvalue weighted by molar-refractivity contribution is 0.0967. The highest BCUT2D eigenvalue weighted by Crippen LogP contribution is 2.22. The van der Waals surface area contributed by atoms with E-state index in [9.17, 15) is 13.6 Å². The Labute approximate surface area is 106 Å². The van der Waals surface area contributed by atoms with Crippen LogP contribution in [0.3, 0.4) is 0 Å². The van der Waals surface area contributed by atoms with Gasteiger partial charge in [-0.25, -0.2) is 8.78 Å². The van der Waals surface area contributed by atoms with Gasteiger partial charge in [-0.2, -0.15) is 0 Å². The third kappa shape index (κ3) is 4.92. The number of hydrogen-bond donors (Lipinski definition) is 1. The van der Waals surface area contributed by atoms with Crippen LogP contribution in [0.2, 0.25) is 0 Å². The van der Waals surface area contributed by atoms with Crippen LogP contribution < -0.4 is 5.73 Å². The summed E-state index contributed by atoms with van der Waals surface area (Å²) in [5, 5.41) is 0. The van der Waals surface area contributed by atoms with E-state index in [0.717, 1.165) is 18.2 Å². The Kier molecular flexibility index (Phi) is 4.57. The number of halogens is 2. The molecule has 0 aromatic heterocycles. The van der Waals surface area contributed by atoms with Crippen molar-refractivity contribution in [2.45, 2.75) is 39.7 Å². The summed E-state index contributed by atoms with van der Waals surface area (Å²) in [4.78, 5) is 11.8. The minimum atomic E-state index is -0.747. The van der Waals surface area contributed by atoms with Crippen molar-refractivity contribution in [3.05, 3.63) is 35.4 Å². The quantitative estimate of drug-likeness (QED) is 0.839.